The smallest absolute Gasteiger partial charge is 0.00489 e. The van der Waals surface area contributed by atoms with Crippen LogP contribution in [0.4, 0.5) is 0 Å². The summed E-state index contributed by atoms with van der Waals surface area (Å²) in [4.78, 5) is 0. The Morgan fingerprint density at radius 2 is 1.06 bits per heavy atom. The van der Waals surface area contributed by atoms with E-state index in [0.29, 0.717) is 0 Å². The zero-order valence-corrected chi connectivity index (χ0v) is 13.4. The highest BCUT2D eigenvalue weighted by molar-refractivity contribution is 5.85. The molecule has 0 spiro atoms. The van der Waals surface area contributed by atoms with E-state index in [1.807, 2.05) is 0 Å². The van der Waals surface area contributed by atoms with Crippen LogP contribution < -0.4 is 11.5 Å². The van der Waals surface area contributed by atoms with E-state index in [9.17, 15) is 0 Å². The number of hydrogen-bond acceptors (Lipinski definition) is 2. The highest BCUT2D eigenvalue weighted by atomic mass is 35.5. The molecule has 0 bridgehead atoms. The van der Waals surface area contributed by atoms with Crippen LogP contribution in [-0.2, 0) is 0 Å². The molecule has 0 aromatic heterocycles. The number of rotatable bonds is 11. The SMILES string of the molecule is CCCCCCCCCCNCCC.Cl.Cl.N. The molecule has 4 heteroatoms. The van der Waals surface area contributed by atoms with E-state index in [0.717, 1.165) is 0 Å². The van der Waals surface area contributed by atoms with Gasteiger partial charge in [-0.25, -0.2) is 0 Å². The van der Waals surface area contributed by atoms with E-state index in [1.165, 1.54) is 70.9 Å². The Morgan fingerprint density at radius 3 is 1.53 bits per heavy atom. The van der Waals surface area contributed by atoms with Gasteiger partial charge in [0.1, 0.15) is 0 Å². The molecule has 0 saturated carbocycles. The molecule has 0 aliphatic rings. The van der Waals surface area contributed by atoms with Crippen LogP contribution in [0.2, 0.25) is 0 Å². The summed E-state index contributed by atoms with van der Waals surface area (Å²) in [6.07, 6.45) is 12.6. The summed E-state index contributed by atoms with van der Waals surface area (Å²) in [6, 6.07) is 0. The minimum absolute atomic E-state index is 0. The lowest BCUT2D eigenvalue weighted by atomic mass is 10.1. The molecule has 0 heterocycles. The first-order valence-corrected chi connectivity index (χ1v) is 6.62. The Kier molecular flexibility index (Phi) is 39.0. The summed E-state index contributed by atoms with van der Waals surface area (Å²) in [5.41, 5.74) is 0. The molecule has 0 fully saturated rings. The quantitative estimate of drug-likeness (QED) is 0.518. The minimum atomic E-state index is 0. The molecule has 0 aromatic carbocycles. The fraction of sp³-hybridized carbons (Fsp3) is 1.00. The molecular formula is C13H34Cl2N2. The normalized spacial score (nSPS) is 8.82. The third-order valence-electron chi connectivity index (χ3n) is 2.63. The molecule has 0 unspecified atom stereocenters. The van der Waals surface area contributed by atoms with E-state index >= 15 is 0 Å². The number of unbranched alkanes of at least 4 members (excludes halogenated alkanes) is 7. The van der Waals surface area contributed by atoms with Crippen LogP contribution in [0.15, 0.2) is 0 Å². The molecule has 0 aliphatic heterocycles. The van der Waals surface area contributed by atoms with Crippen molar-refractivity contribution in [3.8, 4) is 0 Å². The van der Waals surface area contributed by atoms with Crippen molar-refractivity contribution in [3.05, 3.63) is 0 Å². The topological polar surface area (TPSA) is 47.0 Å². The molecule has 2 nitrogen and oxygen atoms in total. The van der Waals surface area contributed by atoms with Gasteiger partial charge in [0.25, 0.3) is 0 Å². The van der Waals surface area contributed by atoms with Gasteiger partial charge in [0, 0.05) is 0 Å². The molecule has 110 valence electrons. The Labute approximate surface area is 121 Å². The lowest BCUT2D eigenvalue weighted by molar-refractivity contribution is 0.554. The third kappa shape index (κ3) is 26.2. The molecule has 0 amide bonds. The second-order valence-corrected chi connectivity index (χ2v) is 4.22. The van der Waals surface area contributed by atoms with Crippen molar-refractivity contribution in [2.24, 2.45) is 0 Å². The maximum atomic E-state index is 3.45. The van der Waals surface area contributed by atoms with Gasteiger partial charge in [0.15, 0.2) is 0 Å². The maximum absolute atomic E-state index is 3.45. The van der Waals surface area contributed by atoms with Crippen molar-refractivity contribution in [1.29, 1.82) is 0 Å². The molecule has 0 aromatic rings. The van der Waals surface area contributed by atoms with E-state index < -0.39 is 0 Å². The van der Waals surface area contributed by atoms with Crippen molar-refractivity contribution in [3.63, 3.8) is 0 Å². The van der Waals surface area contributed by atoms with Gasteiger partial charge in [0.2, 0.25) is 0 Å². The summed E-state index contributed by atoms with van der Waals surface area (Å²) in [7, 11) is 0. The van der Waals surface area contributed by atoms with Gasteiger partial charge in [-0.2, -0.15) is 0 Å². The van der Waals surface area contributed by atoms with Crippen molar-refractivity contribution in [2.45, 2.75) is 71.6 Å². The largest absolute Gasteiger partial charge is 0.344 e. The summed E-state index contributed by atoms with van der Waals surface area (Å²) < 4.78 is 0. The Morgan fingerprint density at radius 1 is 0.588 bits per heavy atom. The highest BCUT2D eigenvalue weighted by Crippen LogP contribution is 2.07. The molecule has 4 N–H and O–H groups in total. The van der Waals surface area contributed by atoms with Crippen LogP contribution >= 0.6 is 24.8 Å². The highest BCUT2D eigenvalue weighted by Gasteiger charge is 1.90. The first-order valence-electron chi connectivity index (χ1n) is 6.62. The molecule has 0 aliphatic carbocycles. The molecule has 0 rings (SSSR count). The predicted molar refractivity (Wildman–Crippen MR) is 85.3 cm³/mol. The number of hydrogen-bond donors (Lipinski definition) is 2. The van der Waals surface area contributed by atoms with Crippen molar-refractivity contribution in [2.75, 3.05) is 13.1 Å². The molecular weight excluding hydrogens is 255 g/mol. The van der Waals surface area contributed by atoms with Crippen LogP contribution in [0.3, 0.4) is 0 Å². The predicted octanol–water partition coefficient (Wildman–Crippen LogP) is 5.13. The lowest BCUT2D eigenvalue weighted by Gasteiger charge is -2.03. The Balaban J connectivity index is -0.000000282. The van der Waals surface area contributed by atoms with Crippen molar-refractivity contribution in [1.82, 2.24) is 11.5 Å². The molecule has 0 radical (unpaired) electrons. The van der Waals surface area contributed by atoms with Gasteiger partial charge in [-0.15, -0.1) is 24.8 Å². The lowest BCUT2D eigenvalue weighted by Crippen LogP contribution is -2.15. The summed E-state index contributed by atoms with van der Waals surface area (Å²) in [5, 5.41) is 3.45. The fourth-order valence-corrected chi connectivity index (χ4v) is 1.69. The second-order valence-electron chi connectivity index (χ2n) is 4.22. The van der Waals surface area contributed by atoms with Crippen molar-refractivity contribution >= 4 is 24.8 Å². The zero-order valence-electron chi connectivity index (χ0n) is 11.8. The summed E-state index contributed by atoms with van der Waals surface area (Å²) in [5.74, 6) is 0. The fourth-order valence-electron chi connectivity index (χ4n) is 1.69. The van der Waals surface area contributed by atoms with Crippen molar-refractivity contribution < 1.29 is 0 Å². The summed E-state index contributed by atoms with van der Waals surface area (Å²) in [6.45, 7) is 6.92. The van der Waals surface area contributed by atoms with Gasteiger partial charge >= 0.3 is 0 Å². The van der Waals surface area contributed by atoms with E-state index in [1.54, 1.807) is 0 Å². The number of halogens is 2. The van der Waals surface area contributed by atoms with Crippen LogP contribution in [-0.4, -0.2) is 13.1 Å². The van der Waals surface area contributed by atoms with Gasteiger partial charge < -0.3 is 11.5 Å². The van der Waals surface area contributed by atoms with E-state index in [2.05, 4.69) is 19.2 Å². The molecule has 17 heavy (non-hydrogen) atoms. The van der Waals surface area contributed by atoms with Gasteiger partial charge in [-0.3, -0.25) is 0 Å². The average molecular weight is 289 g/mol. The minimum Gasteiger partial charge on any atom is -0.344 e. The maximum Gasteiger partial charge on any atom is -0.00489 e. The van der Waals surface area contributed by atoms with E-state index in [4.69, 9.17) is 0 Å². The third-order valence-corrected chi connectivity index (χ3v) is 2.63. The summed E-state index contributed by atoms with van der Waals surface area (Å²) >= 11 is 0. The van der Waals surface area contributed by atoms with Gasteiger partial charge in [-0.05, 0) is 25.9 Å². The number of nitrogens with one attached hydrogen (secondary N) is 1. The molecule has 0 saturated heterocycles. The standard InChI is InChI=1S/C13H29N.2ClH.H3N/c1-3-5-6-7-8-9-10-11-13-14-12-4-2;;;/h14H,3-13H2,1-2H3;2*1H;1H3. The van der Waals surface area contributed by atoms with E-state index in [-0.39, 0.29) is 31.0 Å². The van der Waals surface area contributed by atoms with Crippen LogP contribution in [0, 0.1) is 0 Å². The Bertz CT molecular complexity index is 91.4. The van der Waals surface area contributed by atoms with Crippen LogP contribution in [0.1, 0.15) is 71.6 Å². The van der Waals surface area contributed by atoms with Crippen LogP contribution in [0.25, 0.3) is 0 Å². The van der Waals surface area contributed by atoms with Gasteiger partial charge in [0.05, 0.1) is 0 Å². The molecule has 0 atom stereocenters. The first kappa shape index (κ1) is 26.1. The second kappa shape index (κ2) is 25.4. The van der Waals surface area contributed by atoms with Crippen LogP contribution in [0.5, 0.6) is 0 Å². The average Bonchev–Trinajstić information content (AvgIpc) is 2.21. The van der Waals surface area contributed by atoms with Gasteiger partial charge in [-0.1, -0.05) is 58.8 Å². The zero-order chi connectivity index (χ0) is 10.5. The Hall–Kier alpha value is 0.500. The monoisotopic (exact) mass is 288 g/mol. The first-order chi connectivity index (χ1) is 6.91.